The molecule has 0 aromatic heterocycles. The first kappa shape index (κ1) is 11.5. The maximum atomic E-state index is 11.4. The number of ether oxygens (including phenoxy) is 1. The summed E-state index contributed by atoms with van der Waals surface area (Å²) in [6.45, 7) is 2.25. The maximum absolute atomic E-state index is 11.4. The second kappa shape index (κ2) is 6.02. The van der Waals surface area contributed by atoms with Crippen molar-refractivity contribution in [1.29, 1.82) is 0 Å². The second-order valence-electron chi connectivity index (χ2n) is 4.03. The van der Waals surface area contributed by atoms with Crippen LogP contribution >= 0.6 is 0 Å². The molecule has 0 radical (unpaired) electrons. The van der Waals surface area contributed by atoms with Crippen molar-refractivity contribution in [3.05, 3.63) is 0 Å². The molecule has 1 saturated carbocycles. The topological polar surface area (TPSA) is 52.3 Å². The lowest BCUT2D eigenvalue weighted by molar-refractivity contribution is -0.146. The third kappa shape index (κ3) is 3.29. The molecule has 0 aromatic rings. The highest BCUT2D eigenvalue weighted by Crippen LogP contribution is 2.25. The molecule has 0 heterocycles. The third-order valence-corrected chi connectivity index (χ3v) is 2.97. The van der Waals surface area contributed by atoms with E-state index in [1.807, 2.05) is 6.92 Å². The number of nitrogens with two attached hydrogens (primary N) is 1. The fraction of sp³-hybridized carbons (Fsp3) is 0.909. The van der Waals surface area contributed by atoms with E-state index in [-0.39, 0.29) is 5.97 Å². The molecule has 3 nitrogen and oxygen atoms in total. The number of hydrogen-bond donors (Lipinski definition) is 1. The van der Waals surface area contributed by atoms with E-state index in [0.29, 0.717) is 12.5 Å². The van der Waals surface area contributed by atoms with E-state index >= 15 is 0 Å². The van der Waals surface area contributed by atoms with Gasteiger partial charge in [-0.05, 0) is 25.7 Å². The zero-order valence-corrected chi connectivity index (χ0v) is 9.00. The maximum Gasteiger partial charge on any atom is 0.323 e. The van der Waals surface area contributed by atoms with Crippen LogP contribution in [-0.2, 0) is 9.53 Å². The highest BCUT2D eigenvalue weighted by molar-refractivity contribution is 5.75. The molecule has 0 amide bonds. The molecule has 1 rings (SSSR count). The molecule has 1 aliphatic rings. The van der Waals surface area contributed by atoms with Crippen LogP contribution in [0, 0.1) is 5.92 Å². The molecule has 1 aliphatic carbocycles. The van der Waals surface area contributed by atoms with Crippen LogP contribution in [0.2, 0.25) is 0 Å². The van der Waals surface area contributed by atoms with Crippen molar-refractivity contribution in [3.8, 4) is 0 Å². The normalized spacial score (nSPS) is 21.3. The van der Waals surface area contributed by atoms with Gasteiger partial charge in [-0.3, -0.25) is 4.79 Å². The summed E-state index contributed by atoms with van der Waals surface area (Å²) in [5.74, 6) is 0.121. The largest absolute Gasteiger partial charge is 0.465 e. The van der Waals surface area contributed by atoms with Crippen LogP contribution in [0.4, 0.5) is 0 Å². The average Bonchev–Trinajstić information content (AvgIpc) is 2.45. The minimum atomic E-state index is -0.395. The summed E-state index contributed by atoms with van der Waals surface area (Å²) >= 11 is 0. The van der Waals surface area contributed by atoms with Gasteiger partial charge in [-0.1, -0.05) is 25.7 Å². The third-order valence-electron chi connectivity index (χ3n) is 2.97. The molecule has 0 aromatic carbocycles. The number of carbonyl (C=O) groups excluding carboxylic acids is 1. The number of rotatable bonds is 3. The Morgan fingerprint density at radius 1 is 1.36 bits per heavy atom. The summed E-state index contributed by atoms with van der Waals surface area (Å²) in [7, 11) is 0. The number of esters is 1. The summed E-state index contributed by atoms with van der Waals surface area (Å²) in [5.41, 5.74) is 5.87. The van der Waals surface area contributed by atoms with Gasteiger partial charge in [0.1, 0.15) is 6.04 Å². The van der Waals surface area contributed by atoms with Crippen molar-refractivity contribution in [2.24, 2.45) is 11.7 Å². The van der Waals surface area contributed by atoms with E-state index in [1.54, 1.807) is 0 Å². The van der Waals surface area contributed by atoms with E-state index in [9.17, 15) is 4.79 Å². The van der Waals surface area contributed by atoms with Crippen LogP contribution < -0.4 is 5.73 Å². The van der Waals surface area contributed by atoms with Crippen molar-refractivity contribution in [2.45, 2.75) is 51.5 Å². The molecule has 0 spiro atoms. The van der Waals surface area contributed by atoms with Crippen LogP contribution in [0.15, 0.2) is 0 Å². The predicted octanol–water partition coefficient (Wildman–Crippen LogP) is 1.85. The van der Waals surface area contributed by atoms with E-state index in [1.165, 1.54) is 25.7 Å². The lowest BCUT2D eigenvalue weighted by atomic mass is 9.92. The minimum Gasteiger partial charge on any atom is -0.465 e. The van der Waals surface area contributed by atoms with E-state index < -0.39 is 6.04 Å². The first-order chi connectivity index (χ1) is 6.75. The standard InChI is InChI=1S/C11H21NO2/c1-2-14-11(13)10(12)9-7-5-3-4-6-8-9/h9-10H,2-8,12H2,1H3. The Morgan fingerprint density at radius 3 is 2.43 bits per heavy atom. The van der Waals surface area contributed by atoms with Crippen LogP contribution in [0.1, 0.15) is 45.4 Å². The molecule has 0 bridgehead atoms. The Labute approximate surface area is 86.0 Å². The van der Waals surface area contributed by atoms with Gasteiger partial charge in [-0.2, -0.15) is 0 Å². The Morgan fingerprint density at radius 2 is 1.93 bits per heavy atom. The van der Waals surface area contributed by atoms with Gasteiger partial charge in [-0.15, -0.1) is 0 Å². The minimum absolute atomic E-state index is 0.223. The quantitative estimate of drug-likeness (QED) is 0.557. The van der Waals surface area contributed by atoms with Gasteiger partial charge >= 0.3 is 5.97 Å². The summed E-state index contributed by atoms with van der Waals surface area (Å²) in [6.07, 6.45) is 7.15. The molecule has 1 fully saturated rings. The molecule has 0 aliphatic heterocycles. The molecule has 3 heteroatoms. The van der Waals surface area contributed by atoms with Crippen LogP contribution in [0.3, 0.4) is 0 Å². The van der Waals surface area contributed by atoms with Gasteiger partial charge in [0.05, 0.1) is 6.61 Å². The number of hydrogen-bond acceptors (Lipinski definition) is 3. The van der Waals surface area contributed by atoms with Gasteiger partial charge in [-0.25, -0.2) is 0 Å². The molecule has 82 valence electrons. The zero-order valence-electron chi connectivity index (χ0n) is 9.00. The Balaban J connectivity index is 2.40. The first-order valence-corrected chi connectivity index (χ1v) is 5.68. The van der Waals surface area contributed by atoms with Gasteiger partial charge in [0.25, 0.3) is 0 Å². The van der Waals surface area contributed by atoms with Gasteiger partial charge in [0.2, 0.25) is 0 Å². The lowest BCUT2D eigenvalue weighted by Crippen LogP contribution is -2.39. The van der Waals surface area contributed by atoms with Crippen LogP contribution in [0.25, 0.3) is 0 Å². The fourth-order valence-corrected chi connectivity index (χ4v) is 2.10. The fourth-order valence-electron chi connectivity index (χ4n) is 2.10. The Bertz CT molecular complexity index is 174. The SMILES string of the molecule is CCOC(=O)C(N)C1CCCCCC1. The Hall–Kier alpha value is -0.570. The lowest BCUT2D eigenvalue weighted by Gasteiger charge is -2.20. The van der Waals surface area contributed by atoms with Crippen molar-refractivity contribution >= 4 is 5.97 Å². The summed E-state index contributed by atoms with van der Waals surface area (Å²) in [6, 6.07) is -0.395. The van der Waals surface area contributed by atoms with Crippen molar-refractivity contribution in [3.63, 3.8) is 0 Å². The van der Waals surface area contributed by atoms with Crippen LogP contribution in [0.5, 0.6) is 0 Å². The molecule has 1 unspecified atom stereocenters. The molecule has 14 heavy (non-hydrogen) atoms. The van der Waals surface area contributed by atoms with Crippen molar-refractivity contribution in [1.82, 2.24) is 0 Å². The number of carbonyl (C=O) groups is 1. The average molecular weight is 199 g/mol. The smallest absolute Gasteiger partial charge is 0.323 e. The molecule has 1 atom stereocenters. The van der Waals surface area contributed by atoms with Gasteiger partial charge < -0.3 is 10.5 Å². The summed E-state index contributed by atoms with van der Waals surface area (Å²) in [4.78, 5) is 11.4. The van der Waals surface area contributed by atoms with Gasteiger partial charge in [0, 0.05) is 0 Å². The molecular formula is C11H21NO2. The predicted molar refractivity (Wildman–Crippen MR) is 55.8 cm³/mol. The summed E-state index contributed by atoms with van der Waals surface area (Å²) < 4.78 is 4.93. The monoisotopic (exact) mass is 199 g/mol. The second-order valence-corrected chi connectivity index (χ2v) is 4.03. The van der Waals surface area contributed by atoms with Crippen molar-refractivity contribution in [2.75, 3.05) is 6.61 Å². The van der Waals surface area contributed by atoms with E-state index in [0.717, 1.165) is 12.8 Å². The molecular weight excluding hydrogens is 178 g/mol. The highest BCUT2D eigenvalue weighted by atomic mass is 16.5. The van der Waals surface area contributed by atoms with E-state index in [4.69, 9.17) is 10.5 Å². The summed E-state index contributed by atoms with van der Waals surface area (Å²) in [5, 5.41) is 0. The first-order valence-electron chi connectivity index (χ1n) is 5.68. The van der Waals surface area contributed by atoms with Gasteiger partial charge in [0.15, 0.2) is 0 Å². The molecule has 0 saturated heterocycles. The van der Waals surface area contributed by atoms with Crippen molar-refractivity contribution < 1.29 is 9.53 Å². The van der Waals surface area contributed by atoms with E-state index in [2.05, 4.69) is 0 Å². The van der Waals surface area contributed by atoms with Crippen LogP contribution in [-0.4, -0.2) is 18.6 Å². The zero-order chi connectivity index (χ0) is 10.4. The molecule has 2 N–H and O–H groups in total. The Kier molecular flexibility index (Phi) is 4.94. The highest BCUT2D eigenvalue weighted by Gasteiger charge is 2.26.